The van der Waals surface area contributed by atoms with Crippen LogP contribution >= 0.6 is 0 Å². The van der Waals surface area contributed by atoms with Gasteiger partial charge in [-0.05, 0) is 4.92 Å². The molecule has 11 nitrogen and oxygen atoms in total. The van der Waals surface area contributed by atoms with Gasteiger partial charge in [0.2, 0.25) is 5.82 Å². The van der Waals surface area contributed by atoms with E-state index in [4.69, 9.17) is 4.74 Å². The van der Waals surface area contributed by atoms with Crippen LogP contribution in [0.3, 0.4) is 0 Å². The fourth-order valence-corrected chi connectivity index (χ4v) is 3.00. The van der Waals surface area contributed by atoms with Crippen molar-refractivity contribution in [3.63, 3.8) is 0 Å². The third kappa shape index (κ3) is 4.31. The van der Waals surface area contributed by atoms with Crippen LogP contribution in [0.2, 0.25) is 0 Å². The van der Waals surface area contributed by atoms with Gasteiger partial charge >= 0.3 is 5.82 Å². The van der Waals surface area contributed by atoms with Crippen molar-refractivity contribution in [2.45, 2.75) is 0 Å². The lowest BCUT2D eigenvalue weighted by atomic mass is 10.4. The maximum absolute atomic E-state index is 12.8. The van der Waals surface area contributed by atoms with Crippen molar-refractivity contribution in [3.05, 3.63) is 27.3 Å². The van der Waals surface area contributed by atoms with E-state index in [1.165, 1.54) is 17.0 Å². The Morgan fingerprint density at radius 1 is 1.44 bits per heavy atom. The third-order valence-corrected chi connectivity index (χ3v) is 4.64. The molecular formula is C14H23N7O4. The largest absolute Gasteiger partial charge is 0.631 e. The molecule has 0 radical (unpaired) electrons. The standard InChI is InChI=1S/C14H23N7O4/c1-17-13(15-11-14(17)20(22)23)10-16-19-3-7-21(24,12-19)6-2-18-4-8-25-9-5-18/h10-11H,2-9,12H2,1H3. The van der Waals surface area contributed by atoms with Gasteiger partial charge in [-0.15, -0.1) is 0 Å². The number of imidazole rings is 1. The van der Waals surface area contributed by atoms with Gasteiger partial charge in [0.25, 0.3) is 0 Å². The van der Waals surface area contributed by atoms with Gasteiger partial charge in [-0.3, -0.25) is 4.90 Å². The molecule has 3 heterocycles. The Kier molecular flexibility index (Phi) is 5.27. The molecule has 11 heteroatoms. The summed E-state index contributed by atoms with van der Waals surface area (Å²) in [6, 6.07) is 0. The highest BCUT2D eigenvalue weighted by Gasteiger charge is 2.29. The lowest BCUT2D eigenvalue weighted by Crippen LogP contribution is -2.48. The molecule has 2 fully saturated rings. The zero-order chi connectivity index (χ0) is 17.9. The van der Waals surface area contributed by atoms with E-state index in [2.05, 4.69) is 15.0 Å². The second-order valence-electron chi connectivity index (χ2n) is 6.37. The van der Waals surface area contributed by atoms with E-state index in [0.717, 1.165) is 32.8 Å². The van der Waals surface area contributed by atoms with Gasteiger partial charge in [-0.25, -0.2) is 14.6 Å². The lowest BCUT2D eigenvalue weighted by molar-refractivity contribution is -0.872. The summed E-state index contributed by atoms with van der Waals surface area (Å²) < 4.78 is 6.37. The summed E-state index contributed by atoms with van der Waals surface area (Å²) in [5, 5.41) is 29.6. The van der Waals surface area contributed by atoms with E-state index in [9.17, 15) is 15.3 Å². The Balaban J connectivity index is 1.52. The van der Waals surface area contributed by atoms with E-state index in [-0.39, 0.29) is 17.1 Å². The molecule has 2 aliphatic heterocycles. The predicted octanol–water partition coefficient (Wildman–Crippen LogP) is -0.418. The summed E-state index contributed by atoms with van der Waals surface area (Å²) in [4.78, 5) is 16.5. The Morgan fingerprint density at radius 2 is 2.20 bits per heavy atom. The van der Waals surface area contributed by atoms with Gasteiger partial charge in [-0.1, -0.05) is 0 Å². The minimum Gasteiger partial charge on any atom is -0.631 e. The molecule has 2 aliphatic rings. The molecule has 0 amide bonds. The van der Waals surface area contributed by atoms with Crippen LogP contribution in [-0.4, -0.2) is 94.4 Å². The number of nitrogens with zero attached hydrogens (tertiary/aromatic N) is 7. The number of morpholine rings is 1. The zero-order valence-corrected chi connectivity index (χ0v) is 14.3. The molecular weight excluding hydrogens is 330 g/mol. The Morgan fingerprint density at radius 3 is 2.88 bits per heavy atom. The first kappa shape index (κ1) is 17.7. The molecule has 3 rings (SSSR count). The van der Waals surface area contributed by atoms with Crippen LogP contribution in [0.5, 0.6) is 0 Å². The predicted molar refractivity (Wildman–Crippen MR) is 89.6 cm³/mol. The quantitative estimate of drug-likeness (QED) is 0.224. The maximum atomic E-state index is 12.8. The smallest absolute Gasteiger partial charge is 0.342 e. The van der Waals surface area contributed by atoms with Crippen LogP contribution < -0.4 is 0 Å². The van der Waals surface area contributed by atoms with Gasteiger partial charge < -0.3 is 24.7 Å². The SMILES string of the molecule is Cn1c([N+](=O)[O-])cnc1C=NN1CC[N+]([O-])(CCN2CCOCC2)C1. The molecule has 0 bridgehead atoms. The summed E-state index contributed by atoms with van der Waals surface area (Å²) in [5.41, 5.74) is 0. The highest BCUT2D eigenvalue weighted by atomic mass is 16.6. The first-order chi connectivity index (χ1) is 12.0. The molecule has 1 aromatic rings. The molecule has 1 aromatic heterocycles. The number of ether oxygens (including phenoxy) is 1. The van der Waals surface area contributed by atoms with Gasteiger partial charge in [0.05, 0.1) is 39.9 Å². The number of hydrazone groups is 1. The molecule has 2 saturated heterocycles. The Bertz CT molecular complexity index is 643. The van der Waals surface area contributed by atoms with Crippen LogP contribution in [0.15, 0.2) is 11.3 Å². The first-order valence-electron chi connectivity index (χ1n) is 8.29. The fourth-order valence-electron chi connectivity index (χ4n) is 3.00. The average Bonchev–Trinajstić information content (AvgIpc) is 3.16. The van der Waals surface area contributed by atoms with Crippen LogP contribution in [0.25, 0.3) is 0 Å². The van der Waals surface area contributed by atoms with Crippen molar-refractivity contribution < 1.29 is 14.3 Å². The second kappa shape index (κ2) is 7.44. The number of hydroxylamine groups is 3. The number of hydrogen-bond acceptors (Lipinski definition) is 8. The minimum absolute atomic E-state index is 0.0951. The van der Waals surface area contributed by atoms with Crippen molar-refractivity contribution in [1.29, 1.82) is 0 Å². The summed E-state index contributed by atoms with van der Waals surface area (Å²) in [6.07, 6.45) is 2.66. The van der Waals surface area contributed by atoms with Crippen LogP contribution in [0, 0.1) is 15.3 Å². The normalized spacial score (nSPS) is 25.1. The maximum Gasteiger partial charge on any atom is 0.342 e. The van der Waals surface area contributed by atoms with E-state index in [0.29, 0.717) is 25.5 Å². The van der Waals surface area contributed by atoms with Crippen molar-refractivity contribution in [2.24, 2.45) is 12.1 Å². The van der Waals surface area contributed by atoms with Gasteiger partial charge in [0.1, 0.15) is 12.4 Å². The first-order valence-corrected chi connectivity index (χ1v) is 8.29. The molecule has 0 N–H and O–H groups in total. The molecule has 0 aromatic carbocycles. The van der Waals surface area contributed by atoms with E-state index >= 15 is 0 Å². The average molecular weight is 353 g/mol. The van der Waals surface area contributed by atoms with E-state index < -0.39 is 4.92 Å². The van der Waals surface area contributed by atoms with Crippen LogP contribution in [0.4, 0.5) is 5.82 Å². The molecule has 0 aliphatic carbocycles. The lowest BCUT2D eigenvalue weighted by Gasteiger charge is -2.39. The molecule has 138 valence electrons. The summed E-state index contributed by atoms with van der Waals surface area (Å²) in [5.74, 6) is 0.290. The van der Waals surface area contributed by atoms with Crippen LogP contribution in [-0.2, 0) is 11.8 Å². The number of quaternary nitrogens is 1. The molecule has 0 saturated carbocycles. The number of rotatable bonds is 6. The van der Waals surface area contributed by atoms with Gasteiger partial charge in [-0.2, -0.15) is 5.10 Å². The minimum atomic E-state index is -0.495. The van der Waals surface area contributed by atoms with E-state index in [1.807, 2.05) is 0 Å². The van der Waals surface area contributed by atoms with Gasteiger partial charge in [0.15, 0.2) is 6.67 Å². The molecule has 25 heavy (non-hydrogen) atoms. The molecule has 0 spiro atoms. The van der Waals surface area contributed by atoms with Gasteiger partial charge in [0, 0.05) is 19.6 Å². The zero-order valence-electron chi connectivity index (χ0n) is 14.3. The highest BCUT2D eigenvalue weighted by molar-refractivity contribution is 5.75. The van der Waals surface area contributed by atoms with Crippen molar-refractivity contribution in [2.75, 3.05) is 59.2 Å². The summed E-state index contributed by atoms with van der Waals surface area (Å²) in [6.45, 7) is 5.83. The summed E-state index contributed by atoms with van der Waals surface area (Å²) in [7, 11) is 1.56. The third-order valence-electron chi connectivity index (χ3n) is 4.64. The van der Waals surface area contributed by atoms with Crippen molar-refractivity contribution in [1.82, 2.24) is 19.5 Å². The molecule has 1 unspecified atom stereocenters. The fraction of sp³-hybridized carbons (Fsp3) is 0.714. The topological polar surface area (TPSA) is 112 Å². The highest BCUT2D eigenvalue weighted by Crippen LogP contribution is 2.16. The Labute approximate surface area is 145 Å². The number of aromatic nitrogens is 2. The number of nitro groups is 1. The second-order valence-corrected chi connectivity index (χ2v) is 6.37. The van der Waals surface area contributed by atoms with Crippen molar-refractivity contribution in [3.8, 4) is 0 Å². The van der Waals surface area contributed by atoms with Crippen molar-refractivity contribution >= 4 is 12.0 Å². The molecule has 1 atom stereocenters. The number of hydrogen-bond donors (Lipinski definition) is 0. The monoisotopic (exact) mass is 353 g/mol. The van der Waals surface area contributed by atoms with E-state index in [1.54, 1.807) is 12.1 Å². The Hall–Kier alpha value is -2.08. The summed E-state index contributed by atoms with van der Waals surface area (Å²) >= 11 is 0. The van der Waals surface area contributed by atoms with Crippen LogP contribution in [0.1, 0.15) is 5.82 Å².